The van der Waals surface area contributed by atoms with Gasteiger partial charge in [-0.3, -0.25) is 0 Å². The molecular formula is C17H24N2O3S. The van der Waals surface area contributed by atoms with Gasteiger partial charge in [-0.2, -0.15) is 0 Å². The Morgan fingerprint density at radius 2 is 2.00 bits per heavy atom. The highest BCUT2D eigenvalue weighted by molar-refractivity contribution is 7.91. The van der Waals surface area contributed by atoms with E-state index in [0.717, 1.165) is 24.8 Å². The van der Waals surface area contributed by atoms with Crippen molar-refractivity contribution in [3.8, 4) is 0 Å². The number of urea groups is 1. The Labute approximate surface area is 138 Å². The maximum atomic E-state index is 12.3. The third kappa shape index (κ3) is 5.39. The van der Waals surface area contributed by atoms with E-state index in [1.54, 1.807) is 31.2 Å². The van der Waals surface area contributed by atoms with Gasteiger partial charge >= 0.3 is 6.03 Å². The van der Waals surface area contributed by atoms with E-state index in [1.807, 2.05) is 13.0 Å². The van der Waals surface area contributed by atoms with Gasteiger partial charge in [-0.05, 0) is 45.2 Å². The number of sulfone groups is 1. The highest BCUT2D eigenvalue weighted by Gasteiger charge is 2.20. The van der Waals surface area contributed by atoms with Crippen molar-refractivity contribution in [2.24, 2.45) is 0 Å². The van der Waals surface area contributed by atoms with E-state index in [2.05, 4.69) is 16.7 Å². The fourth-order valence-electron chi connectivity index (χ4n) is 2.58. The molecule has 0 fully saturated rings. The lowest BCUT2D eigenvalue weighted by Crippen LogP contribution is -2.47. The monoisotopic (exact) mass is 336 g/mol. The normalized spacial score (nSPS) is 19.1. The van der Waals surface area contributed by atoms with E-state index in [9.17, 15) is 13.2 Å². The van der Waals surface area contributed by atoms with Crippen LogP contribution >= 0.6 is 0 Å². The molecule has 1 aliphatic carbocycles. The van der Waals surface area contributed by atoms with Gasteiger partial charge in [0.25, 0.3) is 0 Å². The van der Waals surface area contributed by atoms with Crippen molar-refractivity contribution in [1.29, 1.82) is 0 Å². The first kappa shape index (κ1) is 17.5. The third-order valence-corrected chi connectivity index (χ3v) is 5.73. The molecule has 0 saturated carbocycles. The summed E-state index contributed by atoms with van der Waals surface area (Å²) in [7, 11) is -3.41. The van der Waals surface area contributed by atoms with Gasteiger partial charge in [0.05, 0.1) is 10.6 Å². The molecule has 0 unspecified atom stereocenters. The zero-order chi connectivity index (χ0) is 16.9. The lowest BCUT2D eigenvalue weighted by atomic mass is 10.0. The summed E-state index contributed by atoms with van der Waals surface area (Å²) in [5, 5.41) is 5.55. The fourth-order valence-corrected chi connectivity index (χ4v) is 4.06. The van der Waals surface area contributed by atoms with Gasteiger partial charge in [0.1, 0.15) is 0 Å². The van der Waals surface area contributed by atoms with Crippen molar-refractivity contribution in [3.63, 3.8) is 0 Å². The lowest BCUT2D eigenvalue weighted by molar-refractivity contribution is 0.236. The molecule has 0 bridgehead atoms. The Hall–Kier alpha value is -1.82. The number of carbonyl (C=O) groups is 1. The number of hydrogen-bond acceptors (Lipinski definition) is 3. The summed E-state index contributed by atoms with van der Waals surface area (Å²) >= 11 is 0. The van der Waals surface area contributed by atoms with Gasteiger partial charge in [-0.1, -0.05) is 29.8 Å². The zero-order valence-corrected chi connectivity index (χ0v) is 14.4. The van der Waals surface area contributed by atoms with Crippen molar-refractivity contribution < 1.29 is 13.2 Å². The van der Waals surface area contributed by atoms with Crippen LogP contribution in [0.1, 0.15) is 31.7 Å². The molecule has 2 rings (SSSR count). The van der Waals surface area contributed by atoms with Crippen LogP contribution in [0.4, 0.5) is 4.79 Å². The largest absolute Gasteiger partial charge is 0.335 e. The van der Waals surface area contributed by atoms with Gasteiger partial charge in [-0.15, -0.1) is 0 Å². The van der Waals surface area contributed by atoms with Gasteiger partial charge in [0.15, 0.2) is 9.84 Å². The number of hydrogen-bond donors (Lipinski definition) is 2. The highest BCUT2D eigenvalue weighted by Crippen LogP contribution is 2.13. The lowest BCUT2D eigenvalue weighted by Gasteiger charge is -2.20. The molecule has 0 aliphatic heterocycles. The van der Waals surface area contributed by atoms with Crippen LogP contribution in [0.15, 0.2) is 41.3 Å². The molecule has 2 amide bonds. The van der Waals surface area contributed by atoms with E-state index >= 15 is 0 Å². The summed E-state index contributed by atoms with van der Waals surface area (Å²) in [6.45, 7) is 3.60. The molecule has 5 nitrogen and oxygen atoms in total. The fraction of sp³-hybridized carbons (Fsp3) is 0.471. The number of aryl methyl sites for hydroxylation is 1. The summed E-state index contributed by atoms with van der Waals surface area (Å²) in [6.07, 6.45) is 7.06. The maximum Gasteiger partial charge on any atom is 0.315 e. The molecule has 0 saturated heterocycles. The number of nitrogens with one attached hydrogen (secondary N) is 2. The van der Waals surface area contributed by atoms with Crippen LogP contribution < -0.4 is 10.6 Å². The Kier molecular flexibility index (Phi) is 5.82. The molecule has 126 valence electrons. The van der Waals surface area contributed by atoms with Crippen LogP contribution in [0.3, 0.4) is 0 Å². The van der Waals surface area contributed by atoms with Gasteiger partial charge in [-0.25, -0.2) is 13.2 Å². The minimum atomic E-state index is -3.41. The zero-order valence-electron chi connectivity index (χ0n) is 13.6. The smallest absolute Gasteiger partial charge is 0.315 e. The second-order valence-electron chi connectivity index (χ2n) is 6.08. The van der Waals surface area contributed by atoms with Crippen LogP contribution in [-0.2, 0) is 9.84 Å². The SMILES string of the molecule is Cc1ccc(S(=O)(=O)C[C@H](C)NC(=O)N[C@@H]2C=CCCC2)cc1. The van der Waals surface area contributed by atoms with Gasteiger partial charge in [0, 0.05) is 12.1 Å². The van der Waals surface area contributed by atoms with Crippen molar-refractivity contribution in [2.75, 3.05) is 5.75 Å². The first-order valence-electron chi connectivity index (χ1n) is 7.90. The predicted molar refractivity (Wildman–Crippen MR) is 91.1 cm³/mol. The highest BCUT2D eigenvalue weighted by atomic mass is 32.2. The molecule has 0 spiro atoms. The molecule has 2 N–H and O–H groups in total. The van der Waals surface area contributed by atoms with Crippen LogP contribution in [0.5, 0.6) is 0 Å². The quantitative estimate of drug-likeness (QED) is 0.812. The number of carbonyl (C=O) groups excluding carboxylic acids is 1. The minimum Gasteiger partial charge on any atom is -0.335 e. The van der Waals surface area contributed by atoms with E-state index in [-0.39, 0.29) is 22.7 Å². The summed E-state index contributed by atoms with van der Waals surface area (Å²) in [4.78, 5) is 12.2. The van der Waals surface area contributed by atoms with Crippen LogP contribution in [0.2, 0.25) is 0 Å². The van der Waals surface area contributed by atoms with E-state index in [1.165, 1.54) is 0 Å². The van der Waals surface area contributed by atoms with Gasteiger partial charge < -0.3 is 10.6 Å². The van der Waals surface area contributed by atoms with E-state index in [0.29, 0.717) is 0 Å². The Bertz CT molecular complexity index is 666. The van der Waals surface area contributed by atoms with Crippen LogP contribution in [-0.4, -0.2) is 32.3 Å². The standard InChI is InChI=1S/C17H24N2O3S/c1-13-8-10-16(11-9-13)23(21,22)12-14(2)18-17(20)19-15-6-4-3-5-7-15/h4,6,8-11,14-15H,3,5,7,12H2,1-2H3,(H2,18,19,20)/t14-,15+/m0/s1. The van der Waals surface area contributed by atoms with Crippen molar-refractivity contribution >= 4 is 15.9 Å². The molecule has 0 radical (unpaired) electrons. The minimum absolute atomic E-state index is 0.0321. The molecule has 1 aromatic carbocycles. The maximum absolute atomic E-state index is 12.3. The average Bonchev–Trinajstić information content (AvgIpc) is 2.47. The third-order valence-electron chi connectivity index (χ3n) is 3.80. The summed E-state index contributed by atoms with van der Waals surface area (Å²) in [6, 6.07) is 5.99. The van der Waals surface area contributed by atoms with Crippen molar-refractivity contribution in [2.45, 2.75) is 50.1 Å². The van der Waals surface area contributed by atoms with Crippen molar-refractivity contribution in [3.05, 3.63) is 42.0 Å². The number of allylic oxidation sites excluding steroid dienone is 1. The Morgan fingerprint density at radius 1 is 1.30 bits per heavy atom. The molecule has 0 heterocycles. The number of rotatable bonds is 5. The van der Waals surface area contributed by atoms with E-state index < -0.39 is 15.9 Å². The molecule has 23 heavy (non-hydrogen) atoms. The van der Waals surface area contributed by atoms with Crippen molar-refractivity contribution in [1.82, 2.24) is 10.6 Å². The number of amides is 2. The van der Waals surface area contributed by atoms with Gasteiger partial charge in [0.2, 0.25) is 0 Å². The molecule has 1 aromatic rings. The predicted octanol–water partition coefficient (Wildman–Crippen LogP) is 2.57. The second kappa shape index (κ2) is 7.64. The Morgan fingerprint density at radius 3 is 2.61 bits per heavy atom. The molecule has 2 atom stereocenters. The molecular weight excluding hydrogens is 312 g/mol. The summed E-state index contributed by atoms with van der Waals surface area (Å²) < 4.78 is 24.7. The molecule has 6 heteroatoms. The number of benzene rings is 1. The molecule has 1 aliphatic rings. The van der Waals surface area contributed by atoms with Crippen LogP contribution in [0.25, 0.3) is 0 Å². The first-order chi connectivity index (χ1) is 10.9. The summed E-state index contributed by atoms with van der Waals surface area (Å²) in [5.41, 5.74) is 1.01. The Balaban J connectivity index is 1.89. The summed E-state index contributed by atoms with van der Waals surface area (Å²) in [5.74, 6) is -0.121. The van der Waals surface area contributed by atoms with Crippen LogP contribution in [0, 0.1) is 6.92 Å². The molecule has 0 aromatic heterocycles. The van der Waals surface area contributed by atoms with E-state index in [4.69, 9.17) is 0 Å². The topological polar surface area (TPSA) is 75.3 Å². The average molecular weight is 336 g/mol. The second-order valence-corrected chi connectivity index (χ2v) is 8.11. The first-order valence-corrected chi connectivity index (χ1v) is 9.55.